The number of halogens is 1. The third-order valence-corrected chi connectivity index (χ3v) is 6.44. The van der Waals surface area contributed by atoms with Crippen LogP contribution in [0.25, 0.3) is 11.0 Å². The SMILES string of the molecule is CCOC(=O)CC[C@H](NC(=O)c1ccc(CNC(N)c2cnc3nc(C(=O)C(C)(C)C)nc(O)c3c2)c(F)c1)C(=O)OCC. The van der Waals surface area contributed by atoms with Crippen LogP contribution in [-0.4, -0.2) is 62.9 Å². The molecule has 0 aliphatic heterocycles. The summed E-state index contributed by atoms with van der Waals surface area (Å²) in [5.41, 5.74) is 6.20. The van der Waals surface area contributed by atoms with Crippen molar-refractivity contribution < 1.29 is 38.1 Å². The van der Waals surface area contributed by atoms with Crippen LogP contribution in [0.15, 0.2) is 30.5 Å². The van der Waals surface area contributed by atoms with Gasteiger partial charge in [-0.25, -0.2) is 19.2 Å². The van der Waals surface area contributed by atoms with Crippen molar-refractivity contribution in [1.82, 2.24) is 25.6 Å². The van der Waals surface area contributed by atoms with Crippen LogP contribution >= 0.6 is 0 Å². The summed E-state index contributed by atoms with van der Waals surface area (Å²) in [5.74, 6) is -3.59. The van der Waals surface area contributed by atoms with E-state index in [2.05, 4.69) is 25.6 Å². The standard InChI is InChI=1S/C30H37FN6O7/c1-6-43-22(38)11-10-21(29(42)44-7-2)35-27(40)16-8-9-17(20(31)13-16)14-33-24(32)18-12-19-25(34-15-18)36-26(37-28(19)41)23(39)30(3,4)5/h8-9,12-13,15,21,24,33H,6-7,10-11,14,32H2,1-5H3,(H,35,40)(H,34,36,37,41)/t21-,24?/m0/s1. The number of nitrogens with zero attached hydrogens (tertiary/aromatic N) is 3. The molecule has 236 valence electrons. The lowest BCUT2D eigenvalue weighted by molar-refractivity contribution is -0.146. The van der Waals surface area contributed by atoms with E-state index in [9.17, 15) is 28.7 Å². The van der Waals surface area contributed by atoms with E-state index in [4.69, 9.17) is 15.2 Å². The van der Waals surface area contributed by atoms with E-state index in [0.717, 1.165) is 6.07 Å². The van der Waals surface area contributed by atoms with Crippen LogP contribution in [-0.2, 0) is 25.6 Å². The summed E-state index contributed by atoms with van der Waals surface area (Å²) < 4.78 is 24.8. The van der Waals surface area contributed by atoms with Crippen LogP contribution in [0.1, 0.15) is 85.7 Å². The largest absolute Gasteiger partial charge is 0.493 e. The van der Waals surface area contributed by atoms with Gasteiger partial charge in [-0.3, -0.25) is 19.7 Å². The summed E-state index contributed by atoms with van der Waals surface area (Å²) in [7, 11) is 0. The highest BCUT2D eigenvalue weighted by molar-refractivity contribution is 5.98. The summed E-state index contributed by atoms with van der Waals surface area (Å²) in [6, 6.07) is 4.20. The number of fused-ring (bicyclic) bond motifs is 1. The summed E-state index contributed by atoms with van der Waals surface area (Å²) in [6.07, 6.45) is 0.418. The first-order valence-electron chi connectivity index (χ1n) is 14.1. The average Bonchev–Trinajstić information content (AvgIpc) is 2.97. The fourth-order valence-electron chi connectivity index (χ4n) is 4.02. The fourth-order valence-corrected chi connectivity index (χ4v) is 4.02. The summed E-state index contributed by atoms with van der Waals surface area (Å²) >= 11 is 0. The van der Waals surface area contributed by atoms with Gasteiger partial charge in [0.15, 0.2) is 5.65 Å². The number of aromatic nitrogens is 3. The number of ketones is 1. The van der Waals surface area contributed by atoms with Crippen LogP contribution in [0.5, 0.6) is 5.88 Å². The molecule has 2 aromatic heterocycles. The summed E-state index contributed by atoms with van der Waals surface area (Å²) in [4.78, 5) is 61.7. The summed E-state index contributed by atoms with van der Waals surface area (Å²) in [5, 5.41) is 16.1. The Morgan fingerprint density at radius 3 is 2.41 bits per heavy atom. The highest BCUT2D eigenvalue weighted by Gasteiger charge is 2.27. The van der Waals surface area contributed by atoms with Crippen molar-refractivity contribution in [3.8, 4) is 5.88 Å². The molecule has 44 heavy (non-hydrogen) atoms. The smallest absolute Gasteiger partial charge is 0.328 e. The zero-order chi connectivity index (χ0) is 32.6. The molecule has 0 aliphatic carbocycles. The van der Waals surface area contributed by atoms with Crippen LogP contribution in [0.2, 0.25) is 0 Å². The van der Waals surface area contributed by atoms with Crippen LogP contribution in [0, 0.1) is 11.2 Å². The normalized spacial score (nSPS) is 12.8. The first kappa shape index (κ1) is 33.9. The topological polar surface area (TPSA) is 196 Å². The van der Waals surface area contributed by atoms with Crippen LogP contribution in [0.4, 0.5) is 4.39 Å². The molecule has 1 amide bonds. The Bertz CT molecular complexity index is 1540. The number of benzene rings is 1. The minimum absolute atomic E-state index is 0.0283. The van der Waals surface area contributed by atoms with Crippen molar-refractivity contribution in [3.05, 3.63) is 58.8 Å². The minimum atomic E-state index is -1.12. The maximum atomic E-state index is 15.0. The molecule has 1 unspecified atom stereocenters. The number of esters is 2. The number of hydrogen-bond donors (Lipinski definition) is 4. The Kier molecular flexibility index (Phi) is 11.4. The Balaban J connectivity index is 1.67. The molecule has 0 bridgehead atoms. The average molecular weight is 613 g/mol. The number of Topliss-reactive ketones (excluding diaryl/α,β-unsaturated/α-hetero) is 1. The number of nitrogens with one attached hydrogen (secondary N) is 2. The number of ether oxygens (including phenoxy) is 2. The molecule has 1 aromatic carbocycles. The van der Waals surface area contributed by atoms with Gasteiger partial charge in [0.25, 0.3) is 5.91 Å². The van der Waals surface area contributed by atoms with E-state index in [-0.39, 0.29) is 66.4 Å². The van der Waals surface area contributed by atoms with E-state index in [1.54, 1.807) is 34.6 Å². The van der Waals surface area contributed by atoms with E-state index in [0.29, 0.717) is 5.56 Å². The van der Waals surface area contributed by atoms with Gasteiger partial charge in [0.1, 0.15) is 11.9 Å². The molecule has 3 rings (SSSR count). The molecule has 14 heteroatoms. The lowest BCUT2D eigenvalue weighted by Gasteiger charge is -2.18. The molecule has 0 saturated carbocycles. The number of carbonyl (C=O) groups is 4. The first-order valence-corrected chi connectivity index (χ1v) is 14.1. The monoisotopic (exact) mass is 612 g/mol. The van der Waals surface area contributed by atoms with Gasteiger partial charge in [0.2, 0.25) is 17.5 Å². The zero-order valence-electron chi connectivity index (χ0n) is 25.3. The third-order valence-electron chi connectivity index (χ3n) is 6.44. The lowest BCUT2D eigenvalue weighted by Crippen LogP contribution is -2.42. The van der Waals surface area contributed by atoms with Gasteiger partial charge in [0, 0.05) is 41.3 Å². The van der Waals surface area contributed by atoms with Gasteiger partial charge >= 0.3 is 11.9 Å². The molecule has 2 atom stereocenters. The van der Waals surface area contributed by atoms with Crippen molar-refractivity contribution in [2.45, 2.75) is 66.2 Å². The second-order valence-electron chi connectivity index (χ2n) is 10.9. The second kappa shape index (κ2) is 14.8. The molecule has 0 fully saturated rings. The van der Waals surface area contributed by atoms with Gasteiger partial charge in [-0.1, -0.05) is 26.8 Å². The molecular formula is C30H37FN6O7. The first-order chi connectivity index (χ1) is 20.7. The van der Waals surface area contributed by atoms with Crippen LogP contribution < -0.4 is 16.4 Å². The lowest BCUT2D eigenvalue weighted by atomic mass is 9.90. The maximum absolute atomic E-state index is 15.0. The van der Waals surface area contributed by atoms with Gasteiger partial charge in [-0.2, -0.15) is 4.98 Å². The fraction of sp³-hybridized carbons (Fsp3) is 0.433. The molecule has 5 N–H and O–H groups in total. The Morgan fingerprint density at radius 1 is 1.07 bits per heavy atom. The Hall–Kier alpha value is -4.56. The number of hydrogen-bond acceptors (Lipinski definition) is 12. The predicted octanol–water partition coefficient (Wildman–Crippen LogP) is 2.85. The van der Waals surface area contributed by atoms with Crippen molar-refractivity contribution in [3.63, 3.8) is 0 Å². The van der Waals surface area contributed by atoms with Crippen LogP contribution in [0.3, 0.4) is 0 Å². The Morgan fingerprint density at radius 2 is 1.77 bits per heavy atom. The highest BCUT2D eigenvalue weighted by atomic mass is 19.1. The maximum Gasteiger partial charge on any atom is 0.328 e. The second-order valence-corrected chi connectivity index (χ2v) is 10.9. The van der Waals surface area contributed by atoms with Gasteiger partial charge in [0.05, 0.1) is 24.8 Å². The quantitative estimate of drug-likeness (QED) is 0.125. The number of nitrogens with two attached hydrogens (primary N) is 1. The van der Waals surface area contributed by atoms with Crippen molar-refractivity contribution in [2.75, 3.05) is 13.2 Å². The third kappa shape index (κ3) is 8.74. The molecular weight excluding hydrogens is 575 g/mol. The van der Waals surface area contributed by atoms with Gasteiger partial charge < -0.3 is 25.6 Å². The molecule has 0 saturated heterocycles. The molecule has 3 aromatic rings. The van der Waals surface area contributed by atoms with E-state index in [1.807, 2.05) is 0 Å². The molecule has 0 spiro atoms. The summed E-state index contributed by atoms with van der Waals surface area (Å²) in [6.45, 7) is 8.63. The molecule has 0 radical (unpaired) electrons. The number of rotatable bonds is 13. The number of carbonyl (C=O) groups excluding carboxylic acids is 4. The van der Waals surface area contributed by atoms with E-state index < -0.39 is 47.2 Å². The number of aromatic hydroxyl groups is 1. The van der Waals surface area contributed by atoms with Gasteiger partial charge in [-0.15, -0.1) is 0 Å². The highest BCUT2D eigenvalue weighted by Crippen LogP contribution is 2.26. The van der Waals surface area contributed by atoms with Crippen molar-refractivity contribution in [2.24, 2.45) is 11.1 Å². The Labute approximate surface area is 253 Å². The van der Waals surface area contributed by atoms with E-state index in [1.165, 1.54) is 24.4 Å². The number of amides is 1. The molecule has 13 nitrogen and oxygen atoms in total. The van der Waals surface area contributed by atoms with Gasteiger partial charge in [-0.05, 0) is 38.5 Å². The van der Waals surface area contributed by atoms with Crippen molar-refractivity contribution >= 4 is 34.7 Å². The number of pyridine rings is 1. The molecule has 0 aliphatic rings. The van der Waals surface area contributed by atoms with Crippen molar-refractivity contribution in [1.29, 1.82) is 0 Å². The zero-order valence-corrected chi connectivity index (χ0v) is 25.3. The minimum Gasteiger partial charge on any atom is -0.493 e. The molecule has 2 heterocycles. The van der Waals surface area contributed by atoms with E-state index >= 15 is 0 Å². The predicted molar refractivity (Wildman–Crippen MR) is 157 cm³/mol.